The smallest absolute Gasteiger partial charge is 0.444 e. The first kappa shape index (κ1) is 35.4. The number of aryl methyl sites for hydroxylation is 1. The number of carbonyl (C=O) groups excluding carboxylic acids is 3. The SMILES string of the molecule is CCCCCCCCC[C@H](NC(=O)[C@@H]1C[C@@H](OC(=O)N2Cc3ccccc3C2)CN1C(=O)[C@H](C)NCc1ccccc1C)B(O)O. The van der Waals surface area contributed by atoms with Crippen molar-refractivity contribution in [1.29, 1.82) is 0 Å². The van der Waals surface area contributed by atoms with Crippen molar-refractivity contribution in [3.05, 3.63) is 70.8 Å². The van der Waals surface area contributed by atoms with E-state index in [-0.39, 0.29) is 18.9 Å². The van der Waals surface area contributed by atoms with Crippen LogP contribution < -0.4 is 10.6 Å². The number of carbonyl (C=O) groups is 3. The summed E-state index contributed by atoms with van der Waals surface area (Å²) in [4.78, 5) is 43.7. The second-order valence-electron chi connectivity index (χ2n) is 12.8. The maximum absolute atomic E-state index is 13.8. The minimum Gasteiger partial charge on any atom is -0.444 e. The van der Waals surface area contributed by atoms with E-state index in [4.69, 9.17) is 4.74 Å². The van der Waals surface area contributed by atoms with Crippen LogP contribution in [0.4, 0.5) is 4.79 Å². The quantitative estimate of drug-likeness (QED) is 0.161. The van der Waals surface area contributed by atoms with E-state index in [0.29, 0.717) is 26.1 Å². The molecule has 0 spiro atoms. The number of nitrogens with one attached hydrogen (secondary N) is 2. The van der Waals surface area contributed by atoms with Gasteiger partial charge in [0, 0.05) is 26.1 Å². The Morgan fingerprint density at radius 2 is 1.59 bits per heavy atom. The second kappa shape index (κ2) is 17.5. The van der Waals surface area contributed by atoms with Gasteiger partial charge < -0.3 is 30.3 Å². The lowest BCUT2D eigenvalue weighted by Crippen LogP contribution is -2.55. The van der Waals surface area contributed by atoms with Crippen LogP contribution in [0, 0.1) is 6.92 Å². The Kier molecular flexibility index (Phi) is 13.5. The van der Waals surface area contributed by atoms with E-state index in [1.165, 1.54) is 24.2 Å². The van der Waals surface area contributed by atoms with Crippen molar-refractivity contribution in [2.75, 3.05) is 6.54 Å². The van der Waals surface area contributed by atoms with E-state index < -0.39 is 43.2 Å². The van der Waals surface area contributed by atoms with Crippen molar-refractivity contribution >= 4 is 25.0 Å². The van der Waals surface area contributed by atoms with Gasteiger partial charge >= 0.3 is 13.2 Å². The van der Waals surface area contributed by atoms with Crippen LogP contribution in [-0.4, -0.2) is 75.5 Å². The Balaban J connectivity index is 1.39. The van der Waals surface area contributed by atoms with Gasteiger partial charge in [-0.25, -0.2) is 4.79 Å². The number of nitrogens with zero attached hydrogens (tertiary/aromatic N) is 2. The summed E-state index contributed by atoms with van der Waals surface area (Å²) in [7, 11) is -1.73. The number of unbranched alkanes of at least 4 members (excludes halogenated alkanes) is 6. The molecule has 0 aromatic heterocycles. The van der Waals surface area contributed by atoms with Crippen molar-refractivity contribution in [3.63, 3.8) is 0 Å². The number of hydrogen-bond donors (Lipinski definition) is 4. The molecule has 0 aliphatic carbocycles. The van der Waals surface area contributed by atoms with Gasteiger partial charge in [-0.1, -0.05) is 100 Å². The van der Waals surface area contributed by atoms with Crippen LogP contribution in [0.1, 0.15) is 93.9 Å². The van der Waals surface area contributed by atoms with Crippen LogP contribution >= 0.6 is 0 Å². The monoisotopic (exact) mass is 634 g/mol. The van der Waals surface area contributed by atoms with E-state index in [0.717, 1.165) is 47.9 Å². The van der Waals surface area contributed by atoms with Gasteiger partial charge in [0.15, 0.2) is 0 Å². The molecule has 10 nitrogen and oxygen atoms in total. The van der Waals surface area contributed by atoms with Gasteiger partial charge in [0.2, 0.25) is 11.8 Å². The molecule has 0 radical (unpaired) electrons. The van der Waals surface area contributed by atoms with Crippen LogP contribution in [0.2, 0.25) is 0 Å². The van der Waals surface area contributed by atoms with Crippen LogP contribution in [0.5, 0.6) is 0 Å². The van der Waals surface area contributed by atoms with Crippen molar-refractivity contribution in [3.8, 4) is 0 Å². The van der Waals surface area contributed by atoms with Gasteiger partial charge in [-0.2, -0.15) is 0 Å². The van der Waals surface area contributed by atoms with Gasteiger partial charge in [0.1, 0.15) is 12.1 Å². The lowest BCUT2D eigenvalue weighted by molar-refractivity contribution is -0.140. The summed E-state index contributed by atoms with van der Waals surface area (Å²) in [6.45, 7) is 7.40. The Morgan fingerprint density at radius 3 is 2.24 bits per heavy atom. The molecule has 1 fully saturated rings. The summed E-state index contributed by atoms with van der Waals surface area (Å²) in [6.07, 6.45) is 6.87. The maximum Gasteiger partial charge on any atom is 0.475 e. The fourth-order valence-corrected chi connectivity index (χ4v) is 6.36. The van der Waals surface area contributed by atoms with Gasteiger partial charge in [0.25, 0.3) is 0 Å². The number of fused-ring (bicyclic) bond motifs is 1. The molecule has 0 unspecified atom stereocenters. The zero-order chi connectivity index (χ0) is 33.1. The molecule has 46 heavy (non-hydrogen) atoms. The average Bonchev–Trinajstić information content (AvgIpc) is 3.67. The Labute approximate surface area is 274 Å². The second-order valence-corrected chi connectivity index (χ2v) is 12.8. The normalized spacial score (nSPS) is 18.6. The van der Waals surface area contributed by atoms with Gasteiger partial charge in [-0.15, -0.1) is 0 Å². The number of ether oxygens (including phenoxy) is 1. The molecule has 2 aromatic carbocycles. The summed E-state index contributed by atoms with van der Waals surface area (Å²) in [5.74, 6) is -1.62. The van der Waals surface area contributed by atoms with E-state index in [1.54, 1.807) is 11.8 Å². The minimum absolute atomic E-state index is 0.0734. The Bertz CT molecular complexity index is 1280. The van der Waals surface area contributed by atoms with Crippen molar-refractivity contribution in [2.45, 2.75) is 122 Å². The average molecular weight is 635 g/mol. The molecular formula is C35H51BN4O6. The van der Waals surface area contributed by atoms with Crippen LogP contribution in [0.3, 0.4) is 0 Å². The van der Waals surface area contributed by atoms with Gasteiger partial charge in [-0.3, -0.25) is 14.5 Å². The van der Waals surface area contributed by atoms with Crippen molar-refractivity contribution in [1.82, 2.24) is 20.4 Å². The first-order valence-electron chi connectivity index (χ1n) is 16.9. The molecule has 11 heteroatoms. The van der Waals surface area contributed by atoms with Crippen LogP contribution in [0.15, 0.2) is 48.5 Å². The lowest BCUT2D eigenvalue weighted by atomic mass is 9.76. The molecule has 1 saturated heterocycles. The molecule has 2 aliphatic heterocycles. The molecule has 3 amide bonds. The molecule has 4 rings (SSSR count). The molecule has 250 valence electrons. The minimum atomic E-state index is -1.73. The molecule has 4 atom stereocenters. The van der Waals surface area contributed by atoms with Crippen LogP contribution in [0.25, 0.3) is 0 Å². The van der Waals surface area contributed by atoms with Crippen molar-refractivity contribution in [2.24, 2.45) is 0 Å². The third kappa shape index (κ3) is 9.80. The largest absolute Gasteiger partial charge is 0.475 e. The highest BCUT2D eigenvalue weighted by atomic mass is 16.6. The summed E-state index contributed by atoms with van der Waals surface area (Å²) in [5, 5.41) is 26.2. The van der Waals surface area contributed by atoms with E-state index in [9.17, 15) is 24.4 Å². The molecule has 2 aliphatic rings. The highest BCUT2D eigenvalue weighted by Crippen LogP contribution is 2.27. The standard InChI is InChI=1S/C35H51BN4O6/c1-4-5-6-7-8-9-10-19-32(36(44)45)38-33(41)31-20-30(46-35(43)39-22-28-17-13-14-18-29(28)23-39)24-40(31)34(42)26(3)37-21-27-16-12-11-15-25(27)2/h11-18,26,30-32,37,44-45H,4-10,19-24H2,1-3H3,(H,38,41)/t26-,30+,31-,32-/m0/s1. The molecule has 4 N–H and O–H groups in total. The summed E-state index contributed by atoms with van der Waals surface area (Å²) in [5.41, 5.74) is 4.33. The molecular weight excluding hydrogens is 583 g/mol. The predicted molar refractivity (Wildman–Crippen MR) is 178 cm³/mol. The fourth-order valence-electron chi connectivity index (χ4n) is 6.36. The topological polar surface area (TPSA) is 131 Å². The zero-order valence-electron chi connectivity index (χ0n) is 27.6. The molecule has 0 saturated carbocycles. The van der Waals surface area contributed by atoms with E-state index in [2.05, 4.69) is 17.6 Å². The maximum atomic E-state index is 13.8. The van der Waals surface area contributed by atoms with E-state index >= 15 is 0 Å². The Morgan fingerprint density at radius 1 is 0.957 bits per heavy atom. The summed E-state index contributed by atoms with van der Waals surface area (Å²) >= 11 is 0. The predicted octanol–water partition coefficient (Wildman–Crippen LogP) is 4.23. The zero-order valence-corrected chi connectivity index (χ0v) is 27.6. The number of rotatable bonds is 16. The lowest BCUT2D eigenvalue weighted by Gasteiger charge is -2.28. The highest BCUT2D eigenvalue weighted by Gasteiger charge is 2.44. The number of amides is 3. The van der Waals surface area contributed by atoms with Crippen LogP contribution in [-0.2, 0) is 34.0 Å². The third-order valence-corrected chi connectivity index (χ3v) is 9.25. The first-order valence-corrected chi connectivity index (χ1v) is 16.9. The Hall–Kier alpha value is -3.41. The number of likely N-dealkylation sites (tertiary alicyclic amines) is 1. The molecule has 0 bridgehead atoms. The highest BCUT2D eigenvalue weighted by molar-refractivity contribution is 6.43. The van der Waals surface area contributed by atoms with Crippen molar-refractivity contribution < 1.29 is 29.2 Å². The van der Waals surface area contributed by atoms with Gasteiger partial charge in [0.05, 0.1) is 18.5 Å². The number of hydrogen-bond acceptors (Lipinski definition) is 7. The number of benzene rings is 2. The van der Waals surface area contributed by atoms with E-state index in [1.807, 2.05) is 55.5 Å². The first-order chi connectivity index (χ1) is 22.2. The molecule has 2 aromatic rings. The summed E-state index contributed by atoms with van der Waals surface area (Å²) in [6, 6.07) is 14.3. The third-order valence-electron chi connectivity index (χ3n) is 9.25. The summed E-state index contributed by atoms with van der Waals surface area (Å²) < 4.78 is 5.88. The van der Waals surface area contributed by atoms with Gasteiger partial charge in [-0.05, 0) is 42.5 Å². The molecule has 2 heterocycles. The fraction of sp³-hybridized carbons (Fsp3) is 0.571.